The first-order valence-electron chi connectivity index (χ1n) is 12.9. The minimum Gasteiger partial charge on any atom is -0.350 e. The molecule has 4 rings (SSSR count). The summed E-state index contributed by atoms with van der Waals surface area (Å²) < 4.78 is 11.2. The van der Waals surface area contributed by atoms with Crippen LogP contribution in [0.15, 0.2) is 48.5 Å². The van der Waals surface area contributed by atoms with Crippen molar-refractivity contribution in [3.63, 3.8) is 0 Å². The van der Waals surface area contributed by atoms with E-state index in [9.17, 15) is 4.79 Å². The van der Waals surface area contributed by atoms with Crippen LogP contribution in [0.2, 0.25) is 0 Å². The van der Waals surface area contributed by atoms with Gasteiger partial charge in [-0.25, -0.2) is 0 Å². The molecule has 0 spiro atoms. The number of aryl methyl sites for hydroxylation is 1. The first-order valence-corrected chi connectivity index (χ1v) is 12.9. The third kappa shape index (κ3) is 8.04. The van der Waals surface area contributed by atoms with E-state index in [-0.39, 0.29) is 30.6 Å². The summed E-state index contributed by atoms with van der Waals surface area (Å²) in [5.74, 6) is 0.726. The van der Waals surface area contributed by atoms with Gasteiger partial charge in [-0.1, -0.05) is 67.9 Å². The van der Waals surface area contributed by atoms with Crippen molar-refractivity contribution in [2.75, 3.05) is 32.8 Å². The number of benzene rings is 2. The number of piperidine rings is 1. The molecular formula is C29H41ClN2O3. The van der Waals surface area contributed by atoms with Crippen LogP contribution in [0, 0.1) is 6.92 Å². The van der Waals surface area contributed by atoms with Crippen molar-refractivity contribution in [1.29, 1.82) is 0 Å². The van der Waals surface area contributed by atoms with Gasteiger partial charge >= 0.3 is 0 Å². The first kappa shape index (κ1) is 27.7. The smallest absolute Gasteiger partial charge is 0.227 e. The highest BCUT2D eigenvalue weighted by molar-refractivity contribution is 5.85. The maximum Gasteiger partial charge on any atom is 0.227 e. The minimum atomic E-state index is -0.0422. The molecule has 2 heterocycles. The fourth-order valence-electron chi connectivity index (χ4n) is 4.92. The predicted molar refractivity (Wildman–Crippen MR) is 143 cm³/mol. The predicted octanol–water partition coefficient (Wildman–Crippen LogP) is 5.34. The molecule has 2 fully saturated rings. The largest absolute Gasteiger partial charge is 0.350 e. The Hall–Kier alpha value is -1.92. The molecule has 35 heavy (non-hydrogen) atoms. The SMILES string of the molecule is Cc1ccc(CN(C(=O)Cc2ccc(C(C)C)cc2)C2CCN(CCC3OCCO3)CC2)cc1.Cl. The number of likely N-dealkylation sites (tertiary alicyclic amines) is 1. The molecule has 2 saturated heterocycles. The number of rotatable bonds is 9. The van der Waals surface area contributed by atoms with Gasteiger partial charge in [-0.2, -0.15) is 0 Å². The van der Waals surface area contributed by atoms with Crippen LogP contribution >= 0.6 is 12.4 Å². The van der Waals surface area contributed by atoms with Crippen molar-refractivity contribution >= 4 is 18.3 Å². The van der Waals surface area contributed by atoms with Crippen molar-refractivity contribution in [1.82, 2.24) is 9.80 Å². The van der Waals surface area contributed by atoms with Crippen LogP contribution in [-0.2, 0) is 27.2 Å². The van der Waals surface area contributed by atoms with Gasteiger partial charge < -0.3 is 19.3 Å². The molecule has 0 radical (unpaired) electrons. The van der Waals surface area contributed by atoms with E-state index in [1.807, 2.05) is 0 Å². The number of carbonyl (C=O) groups excluding carboxylic acids is 1. The van der Waals surface area contributed by atoms with Gasteiger partial charge in [-0.3, -0.25) is 4.79 Å². The zero-order valence-electron chi connectivity index (χ0n) is 21.4. The molecule has 0 bridgehead atoms. The van der Waals surface area contributed by atoms with Gasteiger partial charge in [0.15, 0.2) is 6.29 Å². The number of nitrogens with zero attached hydrogens (tertiary/aromatic N) is 2. The van der Waals surface area contributed by atoms with E-state index in [4.69, 9.17) is 9.47 Å². The van der Waals surface area contributed by atoms with Crippen molar-refractivity contribution in [2.24, 2.45) is 0 Å². The van der Waals surface area contributed by atoms with Crippen molar-refractivity contribution in [2.45, 2.75) is 71.2 Å². The Balaban J connectivity index is 0.00000342. The molecule has 2 aliphatic rings. The number of carbonyl (C=O) groups is 1. The molecule has 0 aliphatic carbocycles. The Morgan fingerprint density at radius 1 is 0.971 bits per heavy atom. The maximum absolute atomic E-state index is 13.6. The van der Waals surface area contributed by atoms with Crippen molar-refractivity contribution < 1.29 is 14.3 Å². The van der Waals surface area contributed by atoms with Gasteiger partial charge in [0.05, 0.1) is 19.6 Å². The summed E-state index contributed by atoms with van der Waals surface area (Å²) in [6.45, 7) is 11.6. The second kappa shape index (κ2) is 13.4. The average Bonchev–Trinajstić information content (AvgIpc) is 3.37. The monoisotopic (exact) mass is 500 g/mol. The standard InChI is InChI=1S/C29H40N2O3.ClH/c1-22(2)26-10-8-24(9-11-26)20-28(32)31(21-25-6-4-23(3)5-7-25)27-12-15-30(16-13-27)17-14-29-33-18-19-34-29;/h4-11,22,27,29H,12-21H2,1-3H3;1H. The molecule has 0 saturated carbocycles. The zero-order valence-corrected chi connectivity index (χ0v) is 22.3. The number of hydrogen-bond acceptors (Lipinski definition) is 4. The van der Waals surface area contributed by atoms with Gasteiger partial charge in [0.1, 0.15) is 0 Å². The second-order valence-electron chi connectivity index (χ2n) is 10.1. The van der Waals surface area contributed by atoms with E-state index >= 15 is 0 Å². The second-order valence-corrected chi connectivity index (χ2v) is 10.1. The Morgan fingerprint density at radius 3 is 2.17 bits per heavy atom. The van der Waals surface area contributed by atoms with E-state index in [1.54, 1.807) is 0 Å². The molecule has 5 nitrogen and oxygen atoms in total. The van der Waals surface area contributed by atoms with Crippen LogP contribution in [0.4, 0.5) is 0 Å². The van der Waals surface area contributed by atoms with Gasteiger partial charge in [0, 0.05) is 38.6 Å². The molecule has 6 heteroatoms. The third-order valence-electron chi connectivity index (χ3n) is 7.17. The van der Waals surface area contributed by atoms with Crippen LogP contribution in [0.5, 0.6) is 0 Å². The average molecular weight is 501 g/mol. The lowest BCUT2D eigenvalue weighted by atomic mass is 9.98. The third-order valence-corrected chi connectivity index (χ3v) is 7.17. The summed E-state index contributed by atoms with van der Waals surface area (Å²) in [5, 5.41) is 0. The molecule has 0 N–H and O–H groups in total. The lowest BCUT2D eigenvalue weighted by Crippen LogP contribution is -2.48. The summed E-state index contributed by atoms with van der Waals surface area (Å²) in [6, 6.07) is 17.4. The van der Waals surface area contributed by atoms with Crippen molar-refractivity contribution in [3.8, 4) is 0 Å². The van der Waals surface area contributed by atoms with Crippen LogP contribution in [-0.4, -0.2) is 60.9 Å². The number of halogens is 1. The van der Waals surface area contributed by atoms with Crippen LogP contribution in [0.1, 0.15) is 61.3 Å². The van der Waals surface area contributed by atoms with E-state index in [2.05, 4.69) is 79.1 Å². The van der Waals surface area contributed by atoms with Gasteiger partial charge in [-0.05, 0) is 42.4 Å². The Kier molecular flexibility index (Phi) is 10.6. The molecule has 2 aromatic carbocycles. The molecule has 0 aromatic heterocycles. The molecule has 2 aromatic rings. The molecule has 1 amide bonds. The topological polar surface area (TPSA) is 42.0 Å². The van der Waals surface area contributed by atoms with Crippen LogP contribution in [0.3, 0.4) is 0 Å². The molecule has 192 valence electrons. The zero-order chi connectivity index (χ0) is 23.9. The first-order chi connectivity index (χ1) is 16.5. The Morgan fingerprint density at radius 2 is 1.57 bits per heavy atom. The quantitative estimate of drug-likeness (QED) is 0.466. The summed E-state index contributed by atoms with van der Waals surface area (Å²) in [4.78, 5) is 18.2. The van der Waals surface area contributed by atoms with Gasteiger partial charge in [-0.15, -0.1) is 12.4 Å². The fourth-order valence-corrected chi connectivity index (χ4v) is 4.92. The summed E-state index contributed by atoms with van der Waals surface area (Å²) >= 11 is 0. The highest BCUT2D eigenvalue weighted by Gasteiger charge is 2.29. The van der Waals surface area contributed by atoms with Crippen LogP contribution in [0.25, 0.3) is 0 Å². The number of hydrogen-bond donors (Lipinski definition) is 0. The highest BCUT2D eigenvalue weighted by Crippen LogP contribution is 2.22. The van der Waals surface area contributed by atoms with E-state index in [0.717, 1.165) is 44.5 Å². The van der Waals surface area contributed by atoms with Gasteiger partial charge in [0.25, 0.3) is 0 Å². The number of amides is 1. The number of ether oxygens (including phenoxy) is 2. The minimum absolute atomic E-state index is 0. The van der Waals surface area contributed by atoms with Crippen molar-refractivity contribution in [3.05, 3.63) is 70.8 Å². The summed E-state index contributed by atoms with van der Waals surface area (Å²) in [7, 11) is 0. The van der Waals surface area contributed by atoms with E-state index in [0.29, 0.717) is 32.1 Å². The van der Waals surface area contributed by atoms with E-state index < -0.39 is 0 Å². The summed E-state index contributed by atoms with van der Waals surface area (Å²) in [6.07, 6.45) is 3.36. The molecular weight excluding hydrogens is 460 g/mol. The lowest BCUT2D eigenvalue weighted by Gasteiger charge is -2.39. The van der Waals surface area contributed by atoms with Crippen LogP contribution < -0.4 is 0 Å². The normalized spacial score (nSPS) is 17.5. The Labute approximate surface area is 217 Å². The molecule has 0 unspecified atom stereocenters. The maximum atomic E-state index is 13.6. The fraction of sp³-hybridized carbons (Fsp3) is 0.552. The van der Waals surface area contributed by atoms with E-state index in [1.165, 1.54) is 16.7 Å². The van der Waals surface area contributed by atoms with Gasteiger partial charge in [0.2, 0.25) is 5.91 Å². The molecule has 2 aliphatic heterocycles. The lowest BCUT2D eigenvalue weighted by molar-refractivity contribution is -0.134. The Bertz CT molecular complexity index is 903. The molecule has 0 atom stereocenters. The summed E-state index contributed by atoms with van der Waals surface area (Å²) in [5.41, 5.74) is 4.85. The highest BCUT2D eigenvalue weighted by atomic mass is 35.5.